The summed E-state index contributed by atoms with van der Waals surface area (Å²) in [6.45, 7) is 0. The number of carboxylic acid groups (broad SMARTS) is 1. The molecule has 1 aromatic carbocycles. The molecule has 0 unspecified atom stereocenters. The Morgan fingerprint density at radius 3 is 2.31 bits per heavy atom. The standard InChI is InChI=1S/C23H14F6N4O3/c24-22(25,26)13-9-15(18(23(27,28)29)32-19-14(21(35)36)7-4-8-30-19)20-31-16(10-17(34)33(20)11-13)12-5-2-1-3-6-12/h1-11,18H,(H,30,32)(H,35,36)/t18-/m0/s1. The fraction of sp³-hybridized carbons (Fsp3) is 0.130. The number of hydrogen-bond donors (Lipinski definition) is 2. The van der Waals surface area contributed by atoms with Crippen molar-refractivity contribution in [1.29, 1.82) is 0 Å². The molecule has 3 aromatic heterocycles. The number of hydrogen-bond acceptors (Lipinski definition) is 5. The van der Waals surface area contributed by atoms with Gasteiger partial charge in [0.05, 0.1) is 11.3 Å². The van der Waals surface area contributed by atoms with Gasteiger partial charge >= 0.3 is 18.3 Å². The average Bonchev–Trinajstić information content (AvgIpc) is 2.81. The van der Waals surface area contributed by atoms with Gasteiger partial charge in [-0.25, -0.2) is 14.8 Å². The van der Waals surface area contributed by atoms with Crippen LogP contribution in [-0.2, 0) is 6.18 Å². The third-order valence-corrected chi connectivity index (χ3v) is 5.14. The molecule has 0 fully saturated rings. The van der Waals surface area contributed by atoms with Crippen LogP contribution in [0.5, 0.6) is 0 Å². The van der Waals surface area contributed by atoms with Crippen molar-refractivity contribution in [3.8, 4) is 11.3 Å². The van der Waals surface area contributed by atoms with Crippen molar-refractivity contribution in [3.63, 3.8) is 0 Å². The van der Waals surface area contributed by atoms with E-state index in [-0.39, 0.29) is 11.8 Å². The number of fused-ring (bicyclic) bond motifs is 1. The smallest absolute Gasteiger partial charge is 0.417 e. The van der Waals surface area contributed by atoms with Crippen LogP contribution in [0.3, 0.4) is 0 Å². The van der Waals surface area contributed by atoms with Crippen molar-refractivity contribution < 1.29 is 36.2 Å². The molecule has 3 heterocycles. The Morgan fingerprint density at radius 2 is 1.69 bits per heavy atom. The molecule has 0 spiro atoms. The first-order valence-corrected chi connectivity index (χ1v) is 10.1. The van der Waals surface area contributed by atoms with Crippen molar-refractivity contribution in [3.05, 3.63) is 94.0 Å². The second-order valence-electron chi connectivity index (χ2n) is 7.54. The molecule has 186 valence electrons. The molecule has 0 saturated carbocycles. The number of rotatable bonds is 5. The molecule has 0 saturated heterocycles. The topological polar surface area (TPSA) is 96.6 Å². The Balaban J connectivity index is 2.03. The monoisotopic (exact) mass is 508 g/mol. The van der Waals surface area contributed by atoms with Gasteiger partial charge in [0.1, 0.15) is 17.0 Å². The zero-order chi connectivity index (χ0) is 26.3. The van der Waals surface area contributed by atoms with Crippen molar-refractivity contribution in [2.45, 2.75) is 18.4 Å². The second kappa shape index (κ2) is 8.98. The molecule has 13 heteroatoms. The minimum atomic E-state index is -5.25. The van der Waals surface area contributed by atoms with E-state index >= 15 is 0 Å². The fourth-order valence-corrected chi connectivity index (χ4v) is 3.52. The van der Waals surface area contributed by atoms with Gasteiger partial charge in [-0.15, -0.1) is 0 Å². The first-order chi connectivity index (χ1) is 16.9. The molecule has 1 atom stereocenters. The maximum absolute atomic E-state index is 14.3. The highest BCUT2D eigenvalue weighted by Gasteiger charge is 2.44. The average molecular weight is 508 g/mol. The summed E-state index contributed by atoms with van der Waals surface area (Å²) >= 11 is 0. The van der Waals surface area contributed by atoms with Crippen LogP contribution in [0, 0.1) is 0 Å². The number of carboxylic acids is 1. The molecule has 0 aliphatic heterocycles. The Hall–Kier alpha value is -4.42. The van der Waals surface area contributed by atoms with E-state index in [9.17, 15) is 41.0 Å². The van der Waals surface area contributed by atoms with Crippen molar-refractivity contribution >= 4 is 17.4 Å². The summed E-state index contributed by atoms with van der Waals surface area (Å²) in [5.74, 6) is -2.34. The van der Waals surface area contributed by atoms with Crippen LogP contribution >= 0.6 is 0 Å². The summed E-state index contributed by atoms with van der Waals surface area (Å²) in [5.41, 5.74) is -4.68. The zero-order valence-electron chi connectivity index (χ0n) is 17.8. The number of halogens is 6. The predicted molar refractivity (Wildman–Crippen MR) is 116 cm³/mol. The lowest BCUT2D eigenvalue weighted by Gasteiger charge is -2.25. The molecule has 4 rings (SSSR count). The van der Waals surface area contributed by atoms with Gasteiger partial charge in [0.15, 0.2) is 6.04 Å². The molecule has 4 aromatic rings. The normalized spacial score (nSPS) is 12.9. The van der Waals surface area contributed by atoms with Crippen LogP contribution < -0.4 is 10.9 Å². The lowest BCUT2D eigenvalue weighted by molar-refractivity contribution is -0.145. The van der Waals surface area contributed by atoms with Gasteiger partial charge in [-0.1, -0.05) is 30.3 Å². The Morgan fingerprint density at radius 1 is 1.00 bits per heavy atom. The summed E-state index contributed by atoms with van der Waals surface area (Å²) in [4.78, 5) is 31.9. The minimum Gasteiger partial charge on any atom is -0.478 e. The number of benzene rings is 1. The number of aromatic nitrogens is 3. The highest BCUT2D eigenvalue weighted by Crippen LogP contribution is 2.40. The maximum Gasteiger partial charge on any atom is 0.417 e. The fourth-order valence-electron chi connectivity index (χ4n) is 3.52. The molecule has 36 heavy (non-hydrogen) atoms. The van der Waals surface area contributed by atoms with E-state index in [1.165, 1.54) is 18.2 Å². The van der Waals surface area contributed by atoms with Gasteiger partial charge in [0.2, 0.25) is 0 Å². The summed E-state index contributed by atoms with van der Waals surface area (Å²) < 4.78 is 84.0. The second-order valence-corrected chi connectivity index (χ2v) is 7.54. The number of alkyl halides is 6. The number of carbonyl (C=O) groups is 1. The largest absolute Gasteiger partial charge is 0.478 e. The van der Waals surface area contributed by atoms with Crippen LogP contribution in [0.15, 0.2) is 71.8 Å². The van der Waals surface area contributed by atoms with E-state index in [4.69, 9.17) is 0 Å². The number of aromatic carboxylic acids is 1. The summed E-state index contributed by atoms with van der Waals surface area (Å²) in [6, 6.07) is 8.24. The van der Waals surface area contributed by atoms with Gasteiger partial charge in [-0.2, -0.15) is 26.3 Å². The molecule has 2 N–H and O–H groups in total. The quantitative estimate of drug-likeness (QED) is 0.361. The van der Waals surface area contributed by atoms with Gasteiger partial charge in [0, 0.05) is 29.6 Å². The first kappa shape index (κ1) is 24.7. The van der Waals surface area contributed by atoms with Crippen LogP contribution in [0.25, 0.3) is 16.9 Å². The van der Waals surface area contributed by atoms with Crippen molar-refractivity contribution in [2.24, 2.45) is 0 Å². The molecule has 0 radical (unpaired) electrons. The molecule has 0 aliphatic rings. The van der Waals surface area contributed by atoms with Crippen LogP contribution in [0.1, 0.15) is 27.5 Å². The highest BCUT2D eigenvalue weighted by atomic mass is 19.4. The van der Waals surface area contributed by atoms with Crippen molar-refractivity contribution in [2.75, 3.05) is 5.32 Å². The number of nitrogens with zero attached hydrogens (tertiary/aromatic N) is 3. The Kier molecular flexibility index (Phi) is 6.16. The molecule has 0 aliphatic carbocycles. The van der Waals surface area contributed by atoms with E-state index in [1.54, 1.807) is 18.2 Å². The van der Waals surface area contributed by atoms with E-state index < -0.39 is 58.1 Å². The van der Waals surface area contributed by atoms with E-state index in [0.717, 1.165) is 18.3 Å². The highest BCUT2D eigenvalue weighted by molar-refractivity contribution is 5.93. The van der Waals surface area contributed by atoms with E-state index in [1.807, 2.05) is 5.32 Å². The lowest BCUT2D eigenvalue weighted by Crippen LogP contribution is -2.31. The summed E-state index contributed by atoms with van der Waals surface area (Å²) in [7, 11) is 0. The summed E-state index contributed by atoms with van der Waals surface area (Å²) in [6.07, 6.45) is -8.98. The molecule has 7 nitrogen and oxygen atoms in total. The number of anilines is 1. The van der Waals surface area contributed by atoms with Gasteiger partial charge in [-0.05, 0) is 18.2 Å². The first-order valence-electron chi connectivity index (χ1n) is 10.1. The SMILES string of the molecule is O=C(O)c1cccnc1N[C@@H](c1cc(C(F)(F)F)cn2c(=O)cc(-c3ccccc3)nc12)C(F)(F)F. The molecule has 0 bridgehead atoms. The number of nitrogens with one attached hydrogen (secondary N) is 1. The minimum absolute atomic E-state index is 0.0633. The predicted octanol–water partition coefficient (Wildman–Crippen LogP) is 5.19. The molecule has 0 amide bonds. The molecular weight excluding hydrogens is 494 g/mol. The Labute approximate surface area is 197 Å². The van der Waals surface area contributed by atoms with Crippen LogP contribution in [-0.4, -0.2) is 31.6 Å². The summed E-state index contributed by atoms with van der Waals surface area (Å²) in [5, 5.41) is 11.2. The van der Waals surface area contributed by atoms with Gasteiger partial charge in [-0.3, -0.25) is 9.20 Å². The van der Waals surface area contributed by atoms with Gasteiger partial charge < -0.3 is 10.4 Å². The third kappa shape index (κ3) is 4.85. The third-order valence-electron chi connectivity index (χ3n) is 5.14. The lowest BCUT2D eigenvalue weighted by atomic mass is 10.0. The van der Waals surface area contributed by atoms with E-state index in [2.05, 4.69) is 9.97 Å². The van der Waals surface area contributed by atoms with Crippen molar-refractivity contribution in [1.82, 2.24) is 14.4 Å². The zero-order valence-corrected chi connectivity index (χ0v) is 17.8. The maximum atomic E-state index is 14.3. The Bertz CT molecular complexity index is 1500. The van der Waals surface area contributed by atoms with E-state index in [0.29, 0.717) is 16.2 Å². The van der Waals surface area contributed by atoms with Gasteiger partial charge in [0.25, 0.3) is 5.56 Å². The molecular formula is C23H14F6N4O3. The number of pyridine rings is 2. The van der Waals surface area contributed by atoms with Crippen LogP contribution in [0.2, 0.25) is 0 Å². The van der Waals surface area contributed by atoms with Crippen LogP contribution in [0.4, 0.5) is 32.2 Å².